The first-order valence-corrected chi connectivity index (χ1v) is 7.46. The van der Waals surface area contributed by atoms with Crippen LogP contribution in [0.15, 0.2) is 18.2 Å². The van der Waals surface area contributed by atoms with Crippen molar-refractivity contribution >= 4 is 6.09 Å². The first-order chi connectivity index (χ1) is 11.0. The number of halogens is 3. The van der Waals surface area contributed by atoms with Gasteiger partial charge in [-0.05, 0) is 39.0 Å². The SMILES string of the molecule is CC(C)(C)OC(=O)N1CC(COc2ccc(O)cc2C(F)(F)F)C1. The zero-order chi connectivity index (χ0) is 18.1. The molecular formula is C16H20F3NO4. The second-order valence-corrected chi connectivity index (χ2v) is 6.74. The van der Waals surface area contributed by atoms with E-state index >= 15 is 0 Å². The number of nitrogens with zero attached hydrogens (tertiary/aromatic N) is 1. The lowest BCUT2D eigenvalue weighted by molar-refractivity contribution is -0.139. The van der Waals surface area contributed by atoms with Gasteiger partial charge in [-0.15, -0.1) is 0 Å². The highest BCUT2D eigenvalue weighted by atomic mass is 19.4. The number of hydrogen-bond donors (Lipinski definition) is 1. The van der Waals surface area contributed by atoms with Gasteiger partial charge in [0.2, 0.25) is 0 Å². The number of carbonyl (C=O) groups excluding carboxylic acids is 1. The summed E-state index contributed by atoms with van der Waals surface area (Å²) in [5, 5.41) is 9.21. The molecule has 1 aliphatic rings. The van der Waals surface area contributed by atoms with Crippen LogP contribution in [-0.2, 0) is 10.9 Å². The molecule has 0 atom stereocenters. The van der Waals surface area contributed by atoms with Gasteiger partial charge in [-0.3, -0.25) is 0 Å². The molecule has 1 heterocycles. The molecule has 2 rings (SSSR count). The second-order valence-electron chi connectivity index (χ2n) is 6.74. The van der Waals surface area contributed by atoms with Crippen LogP contribution >= 0.6 is 0 Å². The number of likely N-dealkylation sites (tertiary alicyclic amines) is 1. The molecule has 0 saturated carbocycles. The van der Waals surface area contributed by atoms with E-state index in [0.717, 1.165) is 12.1 Å². The number of phenolic OH excluding ortho intramolecular Hbond substituents is 1. The molecule has 1 aromatic carbocycles. The largest absolute Gasteiger partial charge is 0.508 e. The van der Waals surface area contributed by atoms with Crippen LogP contribution in [0.3, 0.4) is 0 Å². The van der Waals surface area contributed by atoms with E-state index in [1.165, 1.54) is 4.90 Å². The van der Waals surface area contributed by atoms with E-state index in [2.05, 4.69) is 0 Å². The van der Waals surface area contributed by atoms with Gasteiger partial charge < -0.3 is 19.5 Å². The average Bonchev–Trinajstić information content (AvgIpc) is 2.35. The Labute approximate surface area is 138 Å². The van der Waals surface area contributed by atoms with Crippen LogP contribution in [0.1, 0.15) is 26.3 Å². The molecule has 0 bridgehead atoms. The van der Waals surface area contributed by atoms with Crippen LogP contribution in [-0.4, -0.2) is 41.4 Å². The molecule has 0 aromatic heterocycles. The Morgan fingerprint density at radius 3 is 2.46 bits per heavy atom. The molecular weight excluding hydrogens is 327 g/mol. The summed E-state index contributed by atoms with van der Waals surface area (Å²) in [5.74, 6) is -0.877. The van der Waals surface area contributed by atoms with Crippen molar-refractivity contribution in [2.45, 2.75) is 32.5 Å². The minimum Gasteiger partial charge on any atom is -0.508 e. The maximum Gasteiger partial charge on any atom is 0.420 e. The zero-order valence-electron chi connectivity index (χ0n) is 13.7. The number of phenols is 1. The molecule has 8 heteroatoms. The van der Waals surface area contributed by atoms with Crippen molar-refractivity contribution < 1.29 is 32.5 Å². The van der Waals surface area contributed by atoms with Gasteiger partial charge in [-0.2, -0.15) is 13.2 Å². The van der Waals surface area contributed by atoms with Gasteiger partial charge in [0.1, 0.15) is 22.7 Å². The standard InChI is InChI=1S/C16H20F3NO4/c1-15(2,3)24-14(22)20-7-10(8-20)9-23-13-5-4-11(21)6-12(13)16(17,18)19/h4-6,10,21H,7-9H2,1-3H3. The fourth-order valence-electron chi connectivity index (χ4n) is 2.22. The lowest BCUT2D eigenvalue weighted by atomic mass is 10.0. The van der Waals surface area contributed by atoms with Crippen molar-refractivity contribution in [3.05, 3.63) is 23.8 Å². The zero-order valence-corrected chi connectivity index (χ0v) is 13.7. The summed E-state index contributed by atoms with van der Waals surface area (Å²) < 4.78 is 49.2. The Kier molecular flexibility index (Phi) is 4.87. The van der Waals surface area contributed by atoms with E-state index in [-0.39, 0.29) is 18.3 Å². The highest BCUT2D eigenvalue weighted by molar-refractivity contribution is 5.69. The normalized spacial score (nSPS) is 15.8. The maximum absolute atomic E-state index is 12.9. The van der Waals surface area contributed by atoms with Gasteiger partial charge in [0.25, 0.3) is 0 Å². The van der Waals surface area contributed by atoms with Crippen molar-refractivity contribution in [2.24, 2.45) is 5.92 Å². The predicted octanol–water partition coefficient (Wildman–Crippen LogP) is 3.66. The Bertz CT molecular complexity index is 604. The monoisotopic (exact) mass is 347 g/mol. The summed E-state index contributed by atoms with van der Waals surface area (Å²) in [6, 6.07) is 2.85. The van der Waals surface area contributed by atoms with Gasteiger partial charge in [0, 0.05) is 19.0 Å². The molecule has 5 nitrogen and oxygen atoms in total. The second kappa shape index (κ2) is 6.41. The summed E-state index contributed by atoms with van der Waals surface area (Å²) in [7, 11) is 0. The number of hydrogen-bond acceptors (Lipinski definition) is 4. The number of ether oxygens (including phenoxy) is 2. The van der Waals surface area contributed by atoms with Crippen molar-refractivity contribution in [3.63, 3.8) is 0 Å². The molecule has 134 valence electrons. The van der Waals surface area contributed by atoms with Crippen LogP contribution in [0.25, 0.3) is 0 Å². The minimum atomic E-state index is -4.61. The summed E-state index contributed by atoms with van der Waals surface area (Å²) in [5.41, 5.74) is -1.61. The van der Waals surface area contributed by atoms with Crippen LogP contribution in [0.2, 0.25) is 0 Å². The summed E-state index contributed by atoms with van der Waals surface area (Å²) in [6.45, 7) is 6.06. The predicted molar refractivity (Wildman–Crippen MR) is 79.9 cm³/mol. The number of rotatable bonds is 3. The van der Waals surface area contributed by atoms with Crippen molar-refractivity contribution in [1.29, 1.82) is 0 Å². The molecule has 1 amide bonds. The van der Waals surface area contributed by atoms with E-state index < -0.39 is 29.2 Å². The smallest absolute Gasteiger partial charge is 0.420 e. The fraction of sp³-hybridized carbons (Fsp3) is 0.562. The van der Waals surface area contributed by atoms with Crippen LogP contribution in [0.5, 0.6) is 11.5 Å². The fourth-order valence-corrected chi connectivity index (χ4v) is 2.22. The van der Waals surface area contributed by atoms with Gasteiger partial charge in [0.15, 0.2) is 0 Å². The van der Waals surface area contributed by atoms with E-state index in [1.54, 1.807) is 20.8 Å². The van der Waals surface area contributed by atoms with Crippen molar-refractivity contribution in [2.75, 3.05) is 19.7 Å². The molecule has 1 N–H and O–H groups in total. The lowest BCUT2D eigenvalue weighted by Crippen LogP contribution is -2.53. The third-order valence-corrected chi connectivity index (χ3v) is 3.35. The molecule has 0 unspecified atom stereocenters. The lowest BCUT2D eigenvalue weighted by Gasteiger charge is -2.39. The third-order valence-electron chi connectivity index (χ3n) is 3.35. The molecule has 0 aliphatic carbocycles. The first-order valence-electron chi connectivity index (χ1n) is 7.46. The van der Waals surface area contributed by atoms with Crippen LogP contribution in [0.4, 0.5) is 18.0 Å². The van der Waals surface area contributed by atoms with Gasteiger partial charge in [-0.25, -0.2) is 4.79 Å². The van der Waals surface area contributed by atoms with Crippen molar-refractivity contribution in [3.8, 4) is 11.5 Å². The topological polar surface area (TPSA) is 59.0 Å². The van der Waals surface area contributed by atoms with Crippen LogP contribution < -0.4 is 4.74 Å². The minimum absolute atomic E-state index is 0.0488. The summed E-state index contributed by atoms with van der Waals surface area (Å²) in [4.78, 5) is 13.2. The summed E-state index contributed by atoms with van der Waals surface area (Å²) >= 11 is 0. The molecule has 0 spiro atoms. The quantitative estimate of drug-likeness (QED) is 0.907. The number of alkyl halides is 3. The highest BCUT2D eigenvalue weighted by Crippen LogP contribution is 2.38. The van der Waals surface area contributed by atoms with Crippen molar-refractivity contribution in [1.82, 2.24) is 4.90 Å². The van der Waals surface area contributed by atoms with Crippen LogP contribution in [0, 0.1) is 5.92 Å². The third kappa shape index (κ3) is 4.69. The molecule has 0 radical (unpaired) electrons. The van der Waals surface area contributed by atoms with E-state index in [4.69, 9.17) is 9.47 Å². The Hall–Kier alpha value is -2.12. The first kappa shape index (κ1) is 18.2. The maximum atomic E-state index is 12.9. The number of carbonyl (C=O) groups is 1. The van der Waals surface area contributed by atoms with Gasteiger partial charge in [0.05, 0.1) is 6.61 Å². The Morgan fingerprint density at radius 1 is 1.29 bits per heavy atom. The van der Waals surface area contributed by atoms with E-state index in [1.807, 2.05) is 0 Å². The molecule has 1 saturated heterocycles. The Balaban J connectivity index is 1.88. The van der Waals surface area contributed by atoms with E-state index in [0.29, 0.717) is 19.2 Å². The van der Waals surface area contributed by atoms with Gasteiger partial charge >= 0.3 is 12.3 Å². The molecule has 1 aliphatic heterocycles. The number of amides is 1. The van der Waals surface area contributed by atoms with E-state index in [9.17, 15) is 23.1 Å². The average molecular weight is 347 g/mol. The van der Waals surface area contributed by atoms with Gasteiger partial charge in [-0.1, -0.05) is 0 Å². The molecule has 24 heavy (non-hydrogen) atoms. The summed E-state index contributed by atoms with van der Waals surface area (Å²) in [6.07, 6.45) is -5.06. The Morgan fingerprint density at radius 2 is 1.92 bits per heavy atom. The molecule has 1 fully saturated rings. The molecule has 1 aromatic rings. The highest BCUT2D eigenvalue weighted by Gasteiger charge is 2.37. The number of benzene rings is 1. The number of aromatic hydroxyl groups is 1.